The van der Waals surface area contributed by atoms with Crippen molar-refractivity contribution in [2.24, 2.45) is 0 Å². The fourth-order valence-electron chi connectivity index (χ4n) is 1.53. The van der Waals surface area contributed by atoms with Crippen LogP contribution >= 0.6 is 34.5 Å². The summed E-state index contributed by atoms with van der Waals surface area (Å²) in [6, 6.07) is 8.75. The van der Waals surface area contributed by atoms with Crippen LogP contribution in [0.25, 0.3) is 0 Å². The van der Waals surface area contributed by atoms with Crippen LogP contribution in [0.4, 0.5) is 5.69 Å². The molecule has 2 aromatic rings. The number of carbonyl (C=O) groups excluding carboxylic acids is 1. The van der Waals surface area contributed by atoms with Crippen molar-refractivity contribution >= 4 is 46.2 Å². The molecule has 1 aromatic heterocycles. The molecular weight excluding hydrogens is 305 g/mol. The molecular formula is C13H11Cl2NO2S. The van der Waals surface area contributed by atoms with E-state index in [4.69, 9.17) is 23.2 Å². The molecule has 1 N–H and O–H groups in total. The quantitative estimate of drug-likeness (QED) is 0.847. The van der Waals surface area contributed by atoms with E-state index in [0.29, 0.717) is 22.8 Å². The first kappa shape index (κ1) is 14.2. The molecule has 0 saturated heterocycles. The number of benzene rings is 1. The Morgan fingerprint density at radius 1 is 1.32 bits per heavy atom. The van der Waals surface area contributed by atoms with Gasteiger partial charge in [0.05, 0.1) is 27.7 Å². The third kappa shape index (κ3) is 3.62. The first-order valence-electron chi connectivity index (χ1n) is 5.46. The van der Waals surface area contributed by atoms with Crippen molar-refractivity contribution < 1.29 is 9.53 Å². The fraction of sp³-hybridized carbons (Fsp3) is 0.154. The van der Waals surface area contributed by atoms with E-state index >= 15 is 0 Å². The van der Waals surface area contributed by atoms with Crippen LogP contribution in [0.5, 0.6) is 0 Å². The zero-order chi connectivity index (χ0) is 13.8. The summed E-state index contributed by atoms with van der Waals surface area (Å²) in [5, 5.41) is 3.73. The maximum atomic E-state index is 11.4. The summed E-state index contributed by atoms with van der Waals surface area (Å²) >= 11 is 13.4. The van der Waals surface area contributed by atoms with Crippen LogP contribution in [0.2, 0.25) is 9.36 Å². The highest BCUT2D eigenvalue weighted by Crippen LogP contribution is 2.26. The number of carbonyl (C=O) groups is 1. The molecule has 3 nitrogen and oxygen atoms in total. The standard InChI is InChI=1S/C13H11Cl2NO2S/c1-18-13(17)8-2-4-10(14)11(6-8)16-7-9-3-5-12(15)19-9/h2-6,16H,7H2,1H3. The van der Waals surface area contributed by atoms with Gasteiger partial charge in [-0.2, -0.15) is 0 Å². The van der Waals surface area contributed by atoms with E-state index in [0.717, 1.165) is 9.21 Å². The molecule has 0 saturated carbocycles. The van der Waals surface area contributed by atoms with Gasteiger partial charge in [-0.15, -0.1) is 11.3 Å². The first-order valence-corrected chi connectivity index (χ1v) is 7.03. The fourth-order valence-corrected chi connectivity index (χ4v) is 2.75. The minimum Gasteiger partial charge on any atom is -0.465 e. The predicted molar refractivity (Wildman–Crippen MR) is 79.4 cm³/mol. The number of esters is 1. The summed E-state index contributed by atoms with van der Waals surface area (Å²) < 4.78 is 5.41. The van der Waals surface area contributed by atoms with Gasteiger partial charge in [0.25, 0.3) is 0 Å². The third-order valence-corrected chi connectivity index (χ3v) is 4.03. The Kier molecular flexibility index (Phi) is 4.69. The van der Waals surface area contributed by atoms with E-state index in [9.17, 15) is 4.79 Å². The lowest BCUT2D eigenvalue weighted by molar-refractivity contribution is 0.0601. The molecule has 0 bridgehead atoms. The molecule has 0 fully saturated rings. The van der Waals surface area contributed by atoms with Gasteiger partial charge >= 0.3 is 5.97 Å². The molecule has 0 spiro atoms. The molecule has 1 heterocycles. The highest BCUT2D eigenvalue weighted by molar-refractivity contribution is 7.16. The Morgan fingerprint density at radius 2 is 2.11 bits per heavy atom. The second-order valence-corrected chi connectivity index (χ2v) is 5.95. The number of methoxy groups -OCH3 is 1. The summed E-state index contributed by atoms with van der Waals surface area (Å²) in [6.45, 7) is 0.599. The number of nitrogens with one attached hydrogen (secondary N) is 1. The number of ether oxygens (including phenoxy) is 1. The van der Waals surface area contributed by atoms with Gasteiger partial charge in [0.2, 0.25) is 0 Å². The molecule has 19 heavy (non-hydrogen) atoms. The van der Waals surface area contributed by atoms with Crippen molar-refractivity contribution in [3.63, 3.8) is 0 Å². The van der Waals surface area contributed by atoms with Crippen molar-refractivity contribution in [1.29, 1.82) is 0 Å². The highest BCUT2D eigenvalue weighted by Gasteiger charge is 2.09. The Hall–Kier alpha value is -1.23. The highest BCUT2D eigenvalue weighted by atomic mass is 35.5. The monoisotopic (exact) mass is 315 g/mol. The predicted octanol–water partition coefficient (Wildman–Crippen LogP) is 4.45. The van der Waals surface area contributed by atoms with Gasteiger partial charge in [-0.25, -0.2) is 4.79 Å². The summed E-state index contributed by atoms with van der Waals surface area (Å²) in [4.78, 5) is 12.5. The van der Waals surface area contributed by atoms with E-state index in [1.54, 1.807) is 18.2 Å². The molecule has 0 aliphatic rings. The van der Waals surface area contributed by atoms with E-state index in [-0.39, 0.29) is 5.97 Å². The minimum atomic E-state index is -0.390. The van der Waals surface area contributed by atoms with Crippen LogP contribution < -0.4 is 5.32 Å². The maximum absolute atomic E-state index is 11.4. The number of hydrogen-bond acceptors (Lipinski definition) is 4. The molecule has 0 aliphatic carbocycles. The second-order valence-electron chi connectivity index (χ2n) is 3.75. The lowest BCUT2D eigenvalue weighted by Crippen LogP contribution is -2.04. The summed E-state index contributed by atoms with van der Waals surface area (Å²) in [5.41, 5.74) is 1.15. The van der Waals surface area contributed by atoms with Crippen LogP contribution in [0, 0.1) is 0 Å². The molecule has 0 amide bonds. The number of hydrogen-bond donors (Lipinski definition) is 1. The second kappa shape index (κ2) is 6.28. The largest absolute Gasteiger partial charge is 0.465 e. The zero-order valence-electron chi connectivity index (χ0n) is 10.1. The Balaban J connectivity index is 2.12. The number of halogens is 2. The molecule has 0 aliphatic heterocycles. The molecule has 6 heteroatoms. The topological polar surface area (TPSA) is 38.3 Å². The molecule has 0 atom stereocenters. The molecule has 0 unspecified atom stereocenters. The number of thiophene rings is 1. The summed E-state index contributed by atoms with van der Waals surface area (Å²) in [5.74, 6) is -0.390. The van der Waals surface area contributed by atoms with Crippen LogP contribution in [0.3, 0.4) is 0 Å². The van der Waals surface area contributed by atoms with Gasteiger partial charge in [-0.1, -0.05) is 23.2 Å². The first-order chi connectivity index (χ1) is 9.10. The Bertz CT molecular complexity index is 598. The summed E-state index contributed by atoms with van der Waals surface area (Å²) in [7, 11) is 1.34. The molecule has 0 radical (unpaired) electrons. The van der Waals surface area contributed by atoms with Crippen LogP contribution in [-0.2, 0) is 11.3 Å². The molecule has 100 valence electrons. The van der Waals surface area contributed by atoms with Crippen LogP contribution in [0.15, 0.2) is 30.3 Å². The van der Waals surface area contributed by atoms with Gasteiger partial charge in [0.1, 0.15) is 0 Å². The van der Waals surface area contributed by atoms with Crippen molar-refractivity contribution in [2.75, 3.05) is 12.4 Å². The van der Waals surface area contributed by atoms with Gasteiger partial charge in [-0.05, 0) is 30.3 Å². The van der Waals surface area contributed by atoms with Crippen molar-refractivity contribution in [2.45, 2.75) is 6.54 Å². The number of rotatable bonds is 4. The molecule has 1 aromatic carbocycles. The van der Waals surface area contributed by atoms with Crippen molar-refractivity contribution in [3.8, 4) is 0 Å². The Labute approximate surface area is 125 Å². The molecule has 2 rings (SSSR count). The summed E-state index contributed by atoms with van der Waals surface area (Å²) in [6.07, 6.45) is 0. The van der Waals surface area contributed by atoms with E-state index in [1.807, 2.05) is 12.1 Å². The normalized spacial score (nSPS) is 10.3. The average Bonchev–Trinajstić information content (AvgIpc) is 2.82. The van der Waals surface area contributed by atoms with Gasteiger partial charge in [0, 0.05) is 11.4 Å². The lowest BCUT2D eigenvalue weighted by Gasteiger charge is -2.09. The van der Waals surface area contributed by atoms with Gasteiger partial charge in [0.15, 0.2) is 0 Å². The Morgan fingerprint density at radius 3 is 2.74 bits per heavy atom. The zero-order valence-corrected chi connectivity index (χ0v) is 12.4. The average molecular weight is 316 g/mol. The van der Waals surface area contributed by atoms with Crippen LogP contribution in [0.1, 0.15) is 15.2 Å². The van der Waals surface area contributed by atoms with Crippen molar-refractivity contribution in [3.05, 3.63) is 50.1 Å². The van der Waals surface area contributed by atoms with Crippen molar-refractivity contribution in [1.82, 2.24) is 0 Å². The SMILES string of the molecule is COC(=O)c1ccc(Cl)c(NCc2ccc(Cl)s2)c1. The third-order valence-electron chi connectivity index (χ3n) is 2.47. The van der Waals surface area contributed by atoms with Crippen LogP contribution in [-0.4, -0.2) is 13.1 Å². The lowest BCUT2D eigenvalue weighted by atomic mass is 10.2. The maximum Gasteiger partial charge on any atom is 0.337 e. The smallest absolute Gasteiger partial charge is 0.337 e. The van der Waals surface area contributed by atoms with E-state index in [1.165, 1.54) is 18.4 Å². The van der Waals surface area contributed by atoms with E-state index in [2.05, 4.69) is 10.1 Å². The minimum absolute atomic E-state index is 0.390. The number of anilines is 1. The van der Waals surface area contributed by atoms with Gasteiger partial charge < -0.3 is 10.1 Å². The van der Waals surface area contributed by atoms with Gasteiger partial charge in [-0.3, -0.25) is 0 Å². The van der Waals surface area contributed by atoms with E-state index < -0.39 is 0 Å².